The third-order valence-corrected chi connectivity index (χ3v) is 3.09. The number of carbonyl (C=O) groups excluding carboxylic acids is 1. The largest absolute Gasteiger partial charge is 0.493 e. The number of nitrogens with one attached hydrogen (secondary N) is 2. The van der Waals surface area contributed by atoms with Crippen LogP contribution in [0.15, 0.2) is 36.4 Å². The normalized spacial score (nSPS) is 10.3. The van der Waals surface area contributed by atoms with E-state index in [1.165, 1.54) is 18.2 Å². The minimum atomic E-state index is -0.465. The molecule has 0 radical (unpaired) electrons. The first kappa shape index (κ1) is 16.8. The van der Waals surface area contributed by atoms with E-state index in [1.54, 1.807) is 20.2 Å². The van der Waals surface area contributed by atoms with Crippen LogP contribution < -0.4 is 20.1 Å². The van der Waals surface area contributed by atoms with Gasteiger partial charge in [0.1, 0.15) is 5.82 Å². The maximum absolute atomic E-state index is 13.5. The highest BCUT2D eigenvalue weighted by Gasteiger charge is 2.12. The van der Waals surface area contributed by atoms with Crippen molar-refractivity contribution in [1.82, 2.24) is 5.32 Å². The monoisotopic (exact) mass is 318 g/mol. The van der Waals surface area contributed by atoms with E-state index in [0.29, 0.717) is 17.2 Å². The molecule has 122 valence electrons. The van der Waals surface area contributed by atoms with E-state index in [0.717, 1.165) is 5.56 Å². The third-order valence-electron chi connectivity index (χ3n) is 3.09. The Bertz CT molecular complexity index is 704. The smallest absolute Gasteiger partial charge is 0.238 e. The molecule has 2 N–H and O–H groups in total. The van der Waals surface area contributed by atoms with Gasteiger partial charge in [0.25, 0.3) is 0 Å². The van der Waals surface area contributed by atoms with Gasteiger partial charge in [0, 0.05) is 6.07 Å². The summed E-state index contributed by atoms with van der Waals surface area (Å²) in [7, 11) is 3.20. The summed E-state index contributed by atoms with van der Waals surface area (Å²) in [4.78, 5) is 11.7. The third kappa shape index (κ3) is 4.43. The van der Waals surface area contributed by atoms with Gasteiger partial charge in [-0.2, -0.15) is 0 Å². The van der Waals surface area contributed by atoms with Crippen molar-refractivity contribution < 1.29 is 18.7 Å². The molecule has 0 aliphatic rings. The fourth-order valence-corrected chi connectivity index (χ4v) is 2.02. The summed E-state index contributed by atoms with van der Waals surface area (Å²) in [6, 6.07) is 9.41. The molecule has 1 amide bonds. The molecule has 0 saturated heterocycles. The van der Waals surface area contributed by atoms with Crippen LogP contribution in [0.4, 0.5) is 10.1 Å². The van der Waals surface area contributed by atoms with Crippen molar-refractivity contribution in [2.75, 3.05) is 26.0 Å². The minimum absolute atomic E-state index is 0.115. The molecule has 0 unspecified atom stereocenters. The number of methoxy groups -OCH3 is 1. The van der Waals surface area contributed by atoms with E-state index in [9.17, 15) is 9.18 Å². The molecule has 0 aliphatic heterocycles. The van der Waals surface area contributed by atoms with Gasteiger partial charge in [0.2, 0.25) is 5.91 Å². The van der Waals surface area contributed by atoms with Gasteiger partial charge < -0.3 is 20.1 Å². The van der Waals surface area contributed by atoms with Gasteiger partial charge >= 0.3 is 0 Å². The number of aryl methyl sites for hydroxylation is 1. The lowest BCUT2D eigenvalue weighted by molar-refractivity contribution is -0.115. The van der Waals surface area contributed by atoms with Crippen LogP contribution in [-0.4, -0.2) is 26.6 Å². The van der Waals surface area contributed by atoms with Crippen LogP contribution in [0.3, 0.4) is 0 Å². The Morgan fingerprint density at radius 2 is 1.87 bits per heavy atom. The van der Waals surface area contributed by atoms with Crippen molar-refractivity contribution in [3.8, 4) is 17.2 Å². The number of hydrogen-bond donors (Lipinski definition) is 2. The second-order valence-electron chi connectivity index (χ2n) is 4.98. The fraction of sp³-hybridized carbons (Fsp3) is 0.235. The first-order chi connectivity index (χ1) is 11.0. The molecule has 5 nitrogen and oxygen atoms in total. The van der Waals surface area contributed by atoms with Crippen molar-refractivity contribution in [2.45, 2.75) is 6.92 Å². The maximum Gasteiger partial charge on any atom is 0.238 e. The van der Waals surface area contributed by atoms with Crippen molar-refractivity contribution in [3.05, 3.63) is 47.8 Å². The van der Waals surface area contributed by atoms with E-state index in [-0.39, 0.29) is 18.1 Å². The number of halogens is 1. The zero-order valence-corrected chi connectivity index (χ0v) is 13.3. The number of rotatable bonds is 6. The highest BCUT2D eigenvalue weighted by atomic mass is 19.1. The summed E-state index contributed by atoms with van der Waals surface area (Å²) in [5.41, 5.74) is 1.28. The molecule has 2 aromatic carbocycles. The topological polar surface area (TPSA) is 59.6 Å². The summed E-state index contributed by atoms with van der Waals surface area (Å²) in [5.74, 6) is 0.612. The molecule has 0 spiro atoms. The van der Waals surface area contributed by atoms with Gasteiger partial charge in [-0.25, -0.2) is 4.39 Å². The van der Waals surface area contributed by atoms with E-state index in [4.69, 9.17) is 9.47 Å². The van der Waals surface area contributed by atoms with Crippen LogP contribution in [0.25, 0.3) is 0 Å². The fourth-order valence-electron chi connectivity index (χ4n) is 2.02. The average molecular weight is 318 g/mol. The molecule has 6 heteroatoms. The first-order valence-electron chi connectivity index (χ1n) is 7.10. The van der Waals surface area contributed by atoms with Gasteiger partial charge in [-0.15, -0.1) is 0 Å². The first-order valence-corrected chi connectivity index (χ1v) is 7.10. The number of amides is 1. The quantitative estimate of drug-likeness (QED) is 0.859. The van der Waals surface area contributed by atoms with E-state index in [1.807, 2.05) is 19.1 Å². The van der Waals surface area contributed by atoms with E-state index in [2.05, 4.69) is 10.6 Å². The number of carbonyl (C=O) groups is 1. The molecule has 0 saturated carbocycles. The minimum Gasteiger partial charge on any atom is -0.493 e. The Kier molecular flexibility index (Phi) is 5.54. The number of ether oxygens (including phenoxy) is 2. The van der Waals surface area contributed by atoms with Gasteiger partial charge in [-0.05, 0) is 43.8 Å². The Labute approximate surface area is 134 Å². The standard InChI is InChI=1S/C17H19FN2O3/c1-11-4-6-15(16(8-11)22-3)23-14-7-5-12(18)9-13(14)20-17(21)10-19-2/h4-9,19H,10H2,1-3H3,(H,20,21). The van der Waals surface area contributed by atoms with Crippen LogP contribution in [0.1, 0.15) is 5.56 Å². The van der Waals surface area contributed by atoms with Gasteiger partial charge in [0.15, 0.2) is 17.2 Å². The van der Waals surface area contributed by atoms with Gasteiger partial charge in [-0.1, -0.05) is 6.07 Å². The molecule has 23 heavy (non-hydrogen) atoms. The molecule has 0 bridgehead atoms. The van der Waals surface area contributed by atoms with E-state index >= 15 is 0 Å². The lowest BCUT2D eigenvalue weighted by atomic mass is 10.2. The predicted molar refractivity (Wildman–Crippen MR) is 86.8 cm³/mol. The zero-order valence-electron chi connectivity index (χ0n) is 13.3. The van der Waals surface area contributed by atoms with Crippen LogP contribution in [0.5, 0.6) is 17.2 Å². The molecule has 0 aromatic heterocycles. The molecule has 2 aromatic rings. The zero-order chi connectivity index (χ0) is 16.8. The van der Waals surface area contributed by atoms with Crippen LogP contribution in [0, 0.1) is 12.7 Å². The van der Waals surface area contributed by atoms with Crippen molar-refractivity contribution in [1.29, 1.82) is 0 Å². The molecule has 0 atom stereocenters. The lowest BCUT2D eigenvalue weighted by Gasteiger charge is -2.15. The summed E-state index contributed by atoms with van der Waals surface area (Å²) in [6.45, 7) is 2.05. The second-order valence-corrected chi connectivity index (χ2v) is 4.98. The number of benzene rings is 2. The Morgan fingerprint density at radius 3 is 2.57 bits per heavy atom. The molecule has 0 fully saturated rings. The Morgan fingerprint density at radius 1 is 1.13 bits per heavy atom. The molecule has 0 aliphatic carbocycles. The molecule has 0 heterocycles. The van der Waals surface area contributed by atoms with Crippen molar-refractivity contribution >= 4 is 11.6 Å². The van der Waals surface area contributed by atoms with Gasteiger partial charge in [-0.3, -0.25) is 4.79 Å². The molecular weight excluding hydrogens is 299 g/mol. The van der Waals surface area contributed by atoms with Crippen LogP contribution >= 0.6 is 0 Å². The summed E-state index contributed by atoms with van der Waals surface area (Å²) in [5, 5.41) is 5.34. The van der Waals surface area contributed by atoms with Gasteiger partial charge in [0.05, 0.1) is 19.3 Å². The lowest BCUT2D eigenvalue weighted by Crippen LogP contribution is -2.25. The molecule has 2 rings (SSSR count). The maximum atomic E-state index is 13.5. The van der Waals surface area contributed by atoms with Crippen LogP contribution in [0.2, 0.25) is 0 Å². The number of likely N-dealkylation sites (N-methyl/N-ethyl adjacent to an activating group) is 1. The second kappa shape index (κ2) is 7.60. The highest BCUT2D eigenvalue weighted by molar-refractivity contribution is 5.93. The summed E-state index contributed by atoms with van der Waals surface area (Å²) >= 11 is 0. The summed E-state index contributed by atoms with van der Waals surface area (Å²) in [6.07, 6.45) is 0. The number of anilines is 1. The van der Waals surface area contributed by atoms with E-state index < -0.39 is 5.82 Å². The average Bonchev–Trinajstić information content (AvgIpc) is 2.51. The predicted octanol–water partition coefficient (Wildman–Crippen LogP) is 3.09. The Balaban J connectivity index is 2.31. The van der Waals surface area contributed by atoms with Crippen LogP contribution in [-0.2, 0) is 4.79 Å². The SMILES string of the molecule is CNCC(=O)Nc1cc(F)ccc1Oc1ccc(C)cc1OC. The molecular formula is C17H19FN2O3. The van der Waals surface area contributed by atoms with Crippen molar-refractivity contribution in [2.24, 2.45) is 0 Å². The summed E-state index contributed by atoms with van der Waals surface area (Å²) < 4.78 is 24.6. The highest BCUT2D eigenvalue weighted by Crippen LogP contribution is 2.36. The van der Waals surface area contributed by atoms with Crippen molar-refractivity contribution in [3.63, 3.8) is 0 Å². The Hall–Kier alpha value is -2.60. The number of hydrogen-bond acceptors (Lipinski definition) is 4.